The van der Waals surface area contributed by atoms with Crippen molar-refractivity contribution in [3.8, 4) is 11.3 Å². The Morgan fingerprint density at radius 1 is 0.938 bits per heavy atom. The molecule has 0 amide bonds. The van der Waals surface area contributed by atoms with Gasteiger partial charge in [0.2, 0.25) is 5.95 Å². The molecule has 0 aliphatic carbocycles. The van der Waals surface area contributed by atoms with Gasteiger partial charge in [-0.2, -0.15) is 15.1 Å². The second kappa shape index (κ2) is 9.11. The van der Waals surface area contributed by atoms with Gasteiger partial charge in [-0.25, -0.2) is 4.98 Å². The molecule has 0 saturated carbocycles. The topological polar surface area (TPSA) is 75.5 Å². The van der Waals surface area contributed by atoms with Crippen molar-refractivity contribution in [2.45, 2.75) is 6.92 Å². The van der Waals surface area contributed by atoms with E-state index in [1.165, 1.54) is 5.56 Å². The number of hydrazone groups is 1. The number of anilines is 2. The largest absolute Gasteiger partial charge is 0.378 e. The van der Waals surface area contributed by atoms with Gasteiger partial charge >= 0.3 is 0 Å². The molecule has 1 aliphatic rings. The van der Waals surface area contributed by atoms with Crippen LogP contribution in [-0.4, -0.2) is 47.5 Å². The van der Waals surface area contributed by atoms with Crippen molar-refractivity contribution in [3.63, 3.8) is 0 Å². The van der Waals surface area contributed by atoms with Crippen molar-refractivity contribution in [2.75, 3.05) is 36.6 Å². The third-order valence-electron chi connectivity index (χ3n) is 5.34. The zero-order chi connectivity index (χ0) is 21.8. The molecule has 160 valence electrons. The Balaban J connectivity index is 1.53. The van der Waals surface area contributed by atoms with Crippen molar-refractivity contribution >= 4 is 29.0 Å². The maximum Gasteiger partial charge on any atom is 0.229 e. The van der Waals surface area contributed by atoms with Crippen LogP contribution >= 0.6 is 0 Å². The van der Waals surface area contributed by atoms with Crippen molar-refractivity contribution in [3.05, 3.63) is 77.9 Å². The summed E-state index contributed by atoms with van der Waals surface area (Å²) in [5.41, 5.74) is 7.88. The molecule has 7 heteroatoms. The maximum absolute atomic E-state index is 5.49. The molecule has 7 nitrogen and oxygen atoms in total. The first-order valence-corrected chi connectivity index (χ1v) is 10.7. The highest BCUT2D eigenvalue weighted by Gasteiger charge is 2.17. The number of pyridine rings is 1. The highest BCUT2D eigenvalue weighted by Crippen LogP contribution is 2.26. The zero-order valence-corrected chi connectivity index (χ0v) is 17.9. The number of ether oxygens (including phenoxy) is 1. The van der Waals surface area contributed by atoms with E-state index in [2.05, 4.69) is 34.5 Å². The Bertz CT molecular complexity index is 1250. The Morgan fingerprint density at radius 3 is 2.59 bits per heavy atom. The first-order chi connectivity index (χ1) is 15.8. The lowest BCUT2D eigenvalue weighted by Gasteiger charge is -2.27. The number of hydrogen-bond donors (Lipinski definition) is 1. The lowest BCUT2D eigenvalue weighted by molar-refractivity contribution is 0.122. The molecule has 4 aromatic rings. The van der Waals surface area contributed by atoms with Crippen LogP contribution in [0.15, 0.2) is 71.8 Å². The molecule has 1 aliphatic heterocycles. The van der Waals surface area contributed by atoms with Gasteiger partial charge in [0.1, 0.15) is 0 Å². The highest BCUT2D eigenvalue weighted by molar-refractivity contribution is 5.90. The molecule has 2 aromatic heterocycles. The van der Waals surface area contributed by atoms with E-state index < -0.39 is 0 Å². The second-order valence-corrected chi connectivity index (χ2v) is 7.69. The van der Waals surface area contributed by atoms with Crippen LogP contribution in [0.2, 0.25) is 0 Å². The lowest BCUT2D eigenvalue weighted by atomic mass is 10.1. The summed E-state index contributed by atoms with van der Waals surface area (Å²) >= 11 is 0. The summed E-state index contributed by atoms with van der Waals surface area (Å²) in [6.07, 6.45) is 1.79. The smallest absolute Gasteiger partial charge is 0.229 e. The molecular weight excluding hydrogens is 400 g/mol. The van der Waals surface area contributed by atoms with Crippen LogP contribution in [0.4, 0.5) is 11.8 Å². The third kappa shape index (κ3) is 4.43. The van der Waals surface area contributed by atoms with E-state index in [0.29, 0.717) is 30.6 Å². The fourth-order valence-electron chi connectivity index (χ4n) is 3.68. The predicted octanol–water partition coefficient (Wildman–Crippen LogP) is 4.28. The summed E-state index contributed by atoms with van der Waals surface area (Å²) in [4.78, 5) is 16.5. The van der Waals surface area contributed by atoms with E-state index in [4.69, 9.17) is 19.7 Å². The maximum atomic E-state index is 5.49. The van der Waals surface area contributed by atoms with Gasteiger partial charge in [0.25, 0.3) is 0 Å². The number of nitrogens with one attached hydrogen (secondary N) is 1. The van der Waals surface area contributed by atoms with Gasteiger partial charge in [0.15, 0.2) is 11.5 Å². The average molecular weight is 425 g/mol. The Hall–Kier alpha value is -3.84. The number of morpholine rings is 1. The van der Waals surface area contributed by atoms with Crippen molar-refractivity contribution < 1.29 is 4.74 Å². The predicted molar refractivity (Wildman–Crippen MR) is 128 cm³/mol. The number of benzene rings is 2. The van der Waals surface area contributed by atoms with E-state index in [0.717, 1.165) is 35.3 Å². The van der Waals surface area contributed by atoms with Crippen LogP contribution in [0.1, 0.15) is 11.1 Å². The zero-order valence-electron chi connectivity index (χ0n) is 17.9. The first kappa shape index (κ1) is 20.1. The van der Waals surface area contributed by atoms with E-state index in [9.17, 15) is 0 Å². The number of fused-ring (bicyclic) bond motifs is 1. The van der Waals surface area contributed by atoms with E-state index in [-0.39, 0.29) is 0 Å². The minimum absolute atomic E-state index is 0.631. The molecule has 2 aromatic carbocycles. The normalized spacial score (nSPS) is 14.2. The number of rotatable bonds is 5. The molecule has 32 heavy (non-hydrogen) atoms. The lowest BCUT2D eigenvalue weighted by Crippen LogP contribution is -2.37. The molecule has 0 unspecified atom stereocenters. The summed E-state index contributed by atoms with van der Waals surface area (Å²) in [7, 11) is 0. The van der Waals surface area contributed by atoms with Gasteiger partial charge in [-0.1, -0.05) is 60.2 Å². The van der Waals surface area contributed by atoms with Crippen LogP contribution in [0.5, 0.6) is 0 Å². The van der Waals surface area contributed by atoms with Crippen LogP contribution in [0, 0.1) is 6.92 Å². The number of aromatic nitrogens is 3. The summed E-state index contributed by atoms with van der Waals surface area (Å²) in [6.45, 7) is 4.87. The van der Waals surface area contributed by atoms with Gasteiger partial charge in [0, 0.05) is 18.7 Å². The van der Waals surface area contributed by atoms with E-state index in [1.54, 1.807) is 6.21 Å². The van der Waals surface area contributed by atoms with Crippen LogP contribution in [0.3, 0.4) is 0 Å². The SMILES string of the molecule is Cc1cccc(/C=N/Nc2nc(N3CCOCC3)nc3nc(-c4ccccc4)ccc23)c1. The highest BCUT2D eigenvalue weighted by atomic mass is 16.5. The molecule has 1 N–H and O–H groups in total. The van der Waals surface area contributed by atoms with Crippen LogP contribution < -0.4 is 10.3 Å². The molecule has 0 radical (unpaired) electrons. The van der Waals surface area contributed by atoms with Crippen molar-refractivity contribution in [2.24, 2.45) is 5.10 Å². The fourth-order valence-corrected chi connectivity index (χ4v) is 3.68. The van der Waals surface area contributed by atoms with Crippen molar-refractivity contribution in [1.29, 1.82) is 0 Å². The minimum atomic E-state index is 0.631. The minimum Gasteiger partial charge on any atom is -0.378 e. The van der Waals surface area contributed by atoms with Crippen molar-refractivity contribution in [1.82, 2.24) is 15.0 Å². The van der Waals surface area contributed by atoms with E-state index >= 15 is 0 Å². The molecule has 3 heterocycles. The molecule has 0 bridgehead atoms. The Kier molecular flexibility index (Phi) is 5.72. The Morgan fingerprint density at radius 2 is 1.78 bits per heavy atom. The number of aryl methyl sites for hydroxylation is 1. The van der Waals surface area contributed by atoms with Gasteiger partial charge in [-0.05, 0) is 24.6 Å². The van der Waals surface area contributed by atoms with Gasteiger partial charge in [0.05, 0.1) is 30.5 Å². The molecular formula is C25H24N6O. The number of hydrogen-bond acceptors (Lipinski definition) is 7. The standard InChI is InChI=1S/C25H24N6O/c1-18-6-5-7-19(16-18)17-26-30-24-21-10-11-22(20-8-3-2-4-9-20)27-23(21)28-25(29-24)31-12-14-32-15-13-31/h2-11,16-17H,12-15H2,1H3,(H,27,28,29,30)/b26-17+. The summed E-state index contributed by atoms with van der Waals surface area (Å²) in [5, 5.41) is 5.26. The van der Waals surface area contributed by atoms with Crippen LogP contribution in [0.25, 0.3) is 22.3 Å². The molecule has 5 rings (SSSR count). The first-order valence-electron chi connectivity index (χ1n) is 10.7. The Labute approximate surface area is 186 Å². The second-order valence-electron chi connectivity index (χ2n) is 7.69. The fraction of sp³-hybridized carbons (Fsp3) is 0.200. The quantitative estimate of drug-likeness (QED) is 0.381. The summed E-state index contributed by atoms with van der Waals surface area (Å²) < 4.78 is 5.49. The number of nitrogens with zero attached hydrogens (tertiary/aromatic N) is 5. The average Bonchev–Trinajstić information content (AvgIpc) is 2.84. The van der Waals surface area contributed by atoms with Gasteiger partial charge in [-0.15, -0.1) is 0 Å². The molecule has 0 atom stereocenters. The van der Waals surface area contributed by atoms with E-state index in [1.807, 2.05) is 54.6 Å². The molecule has 1 fully saturated rings. The molecule has 0 spiro atoms. The summed E-state index contributed by atoms with van der Waals surface area (Å²) in [6, 6.07) is 22.3. The van der Waals surface area contributed by atoms with Crippen LogP contribution in [-0.2, 0) is 4.74 Å². The van der Waals surface area contributed by atoms with Gasteiger partial charge < -0.3 is 9.64 Å². The monoisotopic (exact) mass is 424 g/mol. The third-order valence-corrected chi connectivity index (χ3v) is 5.34. The summed E-state index contributed by atoms with van der Waals surface area (Å²) in [5.74, 6) is 1.26. The molecule has 1 saturated heterocycles. The van der Waals surface area contributed by atoms with Gasteiger partial charge in [-0.3, -0.25) is 5.43 Å².